The van der Waals surface area contributed by atoms with Crippen molar-refractivity contribution in [1.82, 2.24) is 30.4 Å². The minimum absolute atomic E-state index is 0.0515. The highest BCUT2D eigenvalue weighted by molar-refractivity contribution is 5.81. The van der Waals surface area contributed by atoms with Crippen molar-refractivity contribution in [1.29, 1.82) is 0 Å². The molecule has 2 heterocycles. The third-order valence-corrected chi connectivity index (χ3v) is 3.78. The van der Waals surface area contributed by atoms with Gasteiger partial charge in [0.05, 0.1) is 18.3 Å². The van der Waals surface area contributed by atoms with Crippen LogP contribution in [0, 0.1) is 6.92 Å². The first-order chi connectivity index (χ1) is 10.1. The molecule has 1 aromatic carbocycles. The number of hydrogen-bond acceptors (Lipinski definition) is 5. The Morgan fingerprint density at radius 2 is 2.10 bits per heavy atom. The molecule has 0 bridgehead atoms. The first kappa shape index (κ1) is 13.7. The molecule has 0 spiro atoms. The number of amides is 1. The van der Waals surface area contributed by atoms with E-state index in [9.17, 15) is 4.79 Å². The first-order valence-electron chi connectivity index (χ1n) is 7.01. The molecule has 1 N–H and O–H groups in total. The molecule has 1 atom stereocenters. The molecule has 1 aliphatic rings. The van der Waals surface area contributed by atoms with E-state index in [0.29, 0.717) is 13.1 Å². The van der Waals surface area contributed by atoms with Gasteiger partial charge in [0.15, 0.2) is 5.82 Å². The lowest BCUT2D eigenvalue weighted by molar-refractivity contribution is -0.128. The highest BCUT2D eigenvalue weighted by Crippen LogP contribution is 2.13. The smallest absolute Gasteiger partial charge is 0.237 e. The number of piperazine rings is 1. The van der Waals surface area contributed by atoms with Gasteiger partial charge in [-0.3, -0.25) is 9.69 Å². The number of carbonyl (C=O) groups excluding carboxylic acids is 1. The summed E-state index contributed by atoms with van der Waals surface area (Å²) in [5, 5.41) is 14.8. The van der Waals surface area contributed by atoms with Crippen molar-refractivity contribution in [3.8, 4) is 5.69 Å². The van der Waals surface area contributed by atoms with Gasteiger partial charge in [0.1, 0.15) is 0 Å². The molecule has 21 heavy (non-hydrogen) atoms. The molecule has 1 unspecified atom stereocenters. The van der Waals surface area contributed by atoms with Gasteiger partial charge in [-0.25, -0.2) is 0 Å². The van der Waals surface area contributed by atoms with Gasteiger partial charge in [0.2, 0.25) is 5.91 Å². The maximum Gasteiger partial charge on any atom is 0.237 e. The number of nitrogens with one attached hydrogen (secondary N) is 1. The Kier molecular flexibility index (Phi) is 3.66. The zero-order valence-electron chi connectivity index (χ0n) is 12.2. The lowest BCUT2D eigenvalue weighted by atomic mass is 10.2. The van der Waals surface area contributed by atoms with Crippen LogP contribution in [0.5, 0.6) is 0 Å². The van der Waals surface area contributed by atoms with Crippen molar-refractivity contribution in [2.75, 3.05) is 13.1 Å². The van der Waals surface area contributed by atoms with Gasteiger partial charge in [0, 0.05) is 13.1 Å². The fraction of sp³-hybridized carbons (Fsp3) is 0.429. The Labute approximate surface area is 122 Å². The Hall–Kier alpha value is -2.28. The van der Waals surface area contributed by atoms with E-state index in [1.807, 2.05) is 38.1 Å². The van der Waals surface area contributed by atoms with Crippen LogP contribution in [0.15, 0.2) is 24.3 Å². The standard InChI is InChI=1S/C14H18N6O/c1-10-3-5-12(6-4-10)20-13(16-17-18-20)9-19-8-7-15-14(21)11(19)2/h3-6,11H,7-9H2,1-2H3,(H,15,21). The van der Waals surface area contributed by atoms with E-state index in [1.54, 1.807) is 4.68 Å². The number of nitrogens with zero attached hydrogens (tertiary/aromatic N) is 5. The van der Waals surface area contributed by atoms with Gasteiger partial charge >= 0.3 is 0 Å². The van der Waals surface area contributed by atoms with Crippen LogP contribution >= 0.6 is 0 Å². The summed E-state index contributed by atoms with van der Waals surface area (Å²) in [4.78, 5) is 13.8. The number of benzene rings is 1. The minimum Gasteiger partial charge on any atom is -0.353 e. The molecular weight excluding hydrogens is 268 g/mol. The van der Waals surface area contributed by atoms with Crippen LogP contribution in [-0.4, -0.2) is 50.1 Å². The summed E-state index contributed by atoms with van der Waals surface area (Å²) in [5.74, 6) is 0.788. The summed E-state index contributed by atoms with van der Waals surface area (Å²) >= 11 is 0. The summed E-state index contributed by atoms with van der Waals surface area (Å²) in [6.07, 6.45) is 0. The zero-order chi connectivity index (χ0) is 14.8. The van der Waals surface area contributed by atoms with Crippen molar-refractivity contribution in [3.63, 3.8) is 0 Å². The molecule has 110 valence electrons. The summed E-state index contributed by atoms with van der Waals surface area (Å²) in [7, 11) is 0. The predicted octanol–water partition coefficient (Wildman–Crippen LogP) is 0.291. The van der Waals surface area contributed by atoms with E-state index in [0.717, 1.165) is 18.1 Å². The Morgan fingerprint density at radius 3 is 2.86 bits per heavy atom. The van der Waals surface area contributed by atoms with E-state index < -0.39 is 0 Å². The molecule has 7 heteroatoms. The molecule has 1 amide bonds. The minimum atomic E-state index is -0.165. The molecule has 1 aliphatic heterocycles. The molecule has 0 aliphatic carbocycles. The van der Waals surface area contributed by atoms with Crippen LogP contribution in [0.3, 0.4) is 0 Å². The van der Waals surface area contributed by atoms with Crippen LogP contribution in [-0.2, 0) is 11.3 Å². The molecule has 0 saturated carbocycles. The summed E-state index contributed by atoms with van der Waals surface area (Å²) < 4.78 is 1.72. The van der Waals surface area contributed by atoms with E-state index in [2.05, 4.69) is 25.7 Å². The predicted molar refractivity (Wildman–Crippen MR) is 76.8 cm³/mol. The van der Waals surface area contributed by atoms with E-state index in [4.69, 9.17) is 0 Å². The Bertz CT molecular complexity index is 635. The number of rotatable bonds is 3. The average Bonchev–Trinajstić information content (AvgIpc) is 2.93. The van der Waals surface area contributed by atoms with Crippen LogP contribution in [0.25, 0.3) is 5.69 Å². The van der Waals surface area contributed by atoms with Crippen molar-refractivity contribution >= 4 is 5.91 Å². The number of hydrogen-bond donors (Lipinski definition) is 1. The lowest BCUT2D eigenvalue weighted by Gasteiger charge is -2.32. The van der Waals surface area contributed by atoms with Gasteiger partial charge in [-0.2, -0.15) is 4.68 Å². The fourth-order valence-electron chi connectivity index (χ4n) is 2.42. The highest BCUT2D eigenvalue weighted by Gasteiger charge is 2.26. The topological polar surface area (TPSA) is 75.9 Å². The number of tetrazole rings is 1. The second-order valence-electron chi connectivity index (χ2n) is 5.28. The van der Waals surface area contributed by atoms with Gasteiger partial charge < -0.3 is 5.32 Å². The van der Waals surface area contributed by atoms with Gasteiger partial charge in [0.25, 0.3) is 0 Å². The third kappa shape index (κ3) is 2.78. The monoisotopic (exact) mass is 286 g/mol. The molecule has 7 nitrogen and oxygen atoms in total. The van der Waals surface area contributed by atoms with E-state index in [1.165, 1.54) is 5.56 Å². The van der Waals surface area contributed by atoms with E-state index in [-0.39, 0.29) is 11.9 Å². The van der Waals surface area contributed by atoms with Crippen LogP contribution < -0.4 is 5.32 Å². The van der Waals surface area contributed by atoms with Crippen molar-refractivity contribution < 1.29 is 4.79 Å². The van der Waals surface area contributed by atoms with Crippen LogP contribution in [0.1, 0.15) is 18.3 Å². The maximum atomic E-state index is 11.7. The Morgan fingerprint density at radius 1 is 1.33 bits per heavy atom. The molecule has 0 radical (unpaired) electrons. The third-order valence-electron chi connectivity index (χ3n) is 3.78. The van der Waals surface area contributed by atoms with Gasteiger partial charge in [-0.1, -0.05) is 17.7 Å². The second-order valence-corrected chi connectivity index (χ2v) is 5.28. The maximum absolute atomic E-state index is 11.7. The lowest BCUT2D eigenvalue weighted by Crippen LogP contribution is -2.53. The largest absolute Gasteiger partial charge is 0.353 e. The number of carbonyl (C=O) groups is 1. The SMILES string of the molecule is Cc1ccc(-n2nnnc2CN2CCNC(=O)C2C)cc1. The molecule has 1 fully saturated rings. The van der Waals surface area contributed by atoms with Crippen LogP contribution in [0.2, 0.25) is 0 Å². The molecular formula is C14H18N6O. The van der Waals surface area contributed by atoms with Crippen molar-refractivity contribution in [2.45, 2.75) is 26.4 Å². The summed E-state index contributed by atoms with van der Waals surface area (Å²) in [5.41, 5.74) is 2.12. The Balaban J connectivity index is 1.82. The van der Waals surface area contributed by atoms with Crippen molar-refractivity contribution in [2.24, 2.45) is 0 Å². The summed E-state index contributed by atoms with van der Waals surface area (Å²) in [6.45, 7) is 5.95. The number of aromatic nitrogens is 4. The normalized spacial score (nSPS) is 19.5. The highest BCUT2D eigenvalue weighted by atomic mass is 16.2. The summed E-state index contributed by atoms with van der Waals surface area (Å²) in [6, 6.07) is 7.86. The molecule has 1 saturated heterocycles. The van der Waals surface area contributed by atoms with Crippen LogP contribution in [0.4, 0.5) is 0 Å². The van der Waals surface area contributed by atoms with Gasteiger partial charge in [-0.05, 0) is 36.4 Å². The molecule has 3 rings (SSSR count). The second kappa shape index (κ2) is 5.61. The first-order valence-corrected chi connectivity index (χ1v) is 7.01. The fourth-order valence-corrected chi connectivity index (χ4v) is 2.42. The average molecular weight is 286 g/mol. The zero-order valence-corrected chi connectivity index (χ0v) is 12.2. The molecule has 1 aromatic heterocycles. The number of aryl methyl sites for hydroxylation is 1. The quantitative estimate of drug-likeness (QED) is 0.877. The van der Waals surface area contributed by atoms with E-state index >= 15 is 0 Å². The van der Waals surface area contributed by atoms with Gasteiger partial charge in [-0.15, -0.1) is 5.10 Å². The molecule has 2 aromatic rings. The van der Waals surface area contributed by atoms with Crippen molar-refractivity contribution in [3.05, 3.63) is 35.7 Å².